The molecule has 0 unspecified atom stereocenters. The van der Waals surface area contributed by atoms with E-state index in [4.69, 9.17) is 19.0 Å². The van der Waals surface area contributed by atoms with Crippen LogP contribution in [0.15, 0.2) is 6.26 Å². The van der Waals surface area contributed by atoms with Crippen molar-refractivity contribution < 1.29 is 22.9 Å². The molecule has 0 fully saturated rings. The number of primary amides is 1. The molecule has 0 atom stereocenters. The maximum Gasteiger partial charge on any atom is 0.565 e. The van der Waals surface area contributed by atoms with Gasteiger partial charge in [0.15, 0.2) is 12.2 Å². The number of carbonyl (C=O) groups excluding carboxylic acids is 2. The van der Waals surface area contributed by atoms with E-state index in [1.807, 2.05) is 0 Å². The lowest BCUT2D eigenvalue weighted by Gasteiger charge is -2.23. The largest absolute Gasteiger partial charge is 0.565 e. The molecule has 15 heavy (non-hydrogen) atoms. The van der Waals surface area contributed by atoms with Gasteiger partial charge in [0.25, 0.3) is 0 Å². The highest BCUT2D eigenvalue weighted by Crippen LogP contribution is 2.17. The Balaban J connectivity index is 4.22. The molecule has 0 heterocycles. The van der Waals surface area contributed by atoms with E-state index in [1.54, 1.807) is 0 Å². The molecule has 0 rings (SSSR count). The molecule has 6 nitrogen and oxygen atoms in total. The number of nitrogens with two attached hydrogens (primary N) is 1. The van der Waals surface area contributed by atoms with Crippen LogP contribution >= 0.6 is 0 Å². The van der Waals surface area contributed by atoms with Gasteiger partial charge in [-0.05, 0) is 6.42 Å². The summed E-state index contributed by atoms with van der Waals surface area (Å²) >= 11 is 0. The molecule has 7 heteroatoms. The highest BCUT2D eigenvalue weighted by Gasteiger charge is 2.40. The monoisotopic (exact) mass is 233 g/mol. The van der Waals surface area contributed by atoms with Gasteiger partial charge in [-0.25, -0.2) is 4.79 Å². The van der Waals surface area contributed by atoms with Crippen LogP contribution in [0.3, 0.4) is 0 Å². The molecule has 86 valence electrons. The van der Waals surface area contributed by atoms with Crippen molar-refractivity contribution in [2.75, 3.05) is 14.2 Å². The second kappa shape index (κ2) is 7.19. The van der Waals surface area contributed by atoms with Crippen molar-refractivity contribution in [1.29, 1.82) is 0 Å². The summed E-state index contributed by atoms with van der Waals surface area (Å²) in [5.41, 5.74) is 4.99. The van der Waals surface area contributed by atoms with E-state index in [0.29, 0.717) is 12.5 Å². The topological polar surface area (TPSA) is 87.8 Å². The zero-order chi connectivity index (χ0) is 11.7. The van der Waals surface area contributed by atoms with E-state index in [0.717, 1.165) is 6.26 Å². The van der Waals surface area contributed by atoms with Crippen LogP contribution in [0.5, 0.6) is 0 Å². The fourth-order valence-electron chi connectivity index (χ4n) is 1.04. The first-order chi connectivity index (χ1) is 7.10. The van der Waals surface area contributed by atoms with E-state index < -0.39 is 14.7 Å². The van der Waals surface area contributed by atoms with Crippen LogP contribution < -0.4 is 5.73 Å². The molecule has 0 bridgehead atoms. The van der Waals surface area contributed by atoms with Gasteiger partial charge in [0.2, 0.25) is 5.91 Å². The van der Waals surface area contributed by atoms with E-state index >= 15 is 0 Å². The molecular weight excluding hydrogens is 218 g/mol. The van der Waals surface area contributed by atoms with Gasteiger partial charge < -0.3 is 19.0 Å². The van der Waals surface area contributed by atoms with Crippen LogP contribution in [0.2, 0.25) is 6.04 Å². The molecule has 0 saturated carbocycles. The third-order valence-electron chi connectivity index (χ3n) is 1.81. The zero-order valence-electron chi connectivity index (χ0n) is 8.82. The van der Waals surface area contributed by atoms with Gasteiger partial charge in [0, 0.05) is 26.7 Å². The van der Waals surface area contributed by atoms with Gasteiger partial charge in [-0.1, -0.05) is 0 Å². The number of hydrogen-bond donors (Lipinski definition) is 1. The molecule has 0 aliphatic heterocycles. The molecule has 0 aliphatic rings. The van der Waals surface area contributed by atoms with E-state index in [-0.39, 0.29) is 6.42 Å². The molecule has 0 aromatic heterocycles. The summed E-state index contributed by atoms with van der Waals surface area (Å²) in [7, 11) is 0.00131. The second-order valence-corrected chi connectivity index (χ2v) is 5.68. The molecule has 0 aromatic carbocycles. The zero-order valence-corrected chi connectivity index (χ0v) is 9.82. The summed E-state index contributed by atoms with van der Waals surface area (Å²) in [4.78, 5) is 20.5. The fraction of sp³-hybridized carbons (Fsp3) is 0.625. The van der Waals surface area contributed by atoms with Crippen LogP contribution in [0.1, 0.15) is 12.8 Å². The number of rotatable bonds is 8. The third kappa shape index (κ3) is 5.33. The minimum absolute atomic E-state index is 0.232. The maximum absolute atomic E-state index is 10.5. The standard InChI is InChI=1S/C8H15NO5Si/c1-12-15(13-2,14-6-5-10)7-3-4-8(9)11/h6H,3-4,7H2,1-2H3,(H2,9,11). The molecule has 0 aliphatic carbocycles. The van der Waals surface area contributed by atoms with E-state index in [2.05, 4.69) is 0 Å². The predicted octanol–water partition coefficient (Wildman–Crippen LogP) is -0.155. The fourth-order valence-corrected chi connectivity index (χ4v) is 2.76. The summed E-state index contributed by atoms with van der Waals surface area (Å²) in [5.74, 6) is 1.08. The van der Waals surface area contributed by atoms with Crippen LogP contribution in [0.25, 0.3) is 0 Å². The van der Waals surface area contributed by atoms with Crippen LogP contribution in [0.4, 0.5) is 0 Å². The number of amides is 1. The van der Waals surface area contributed by atoms with E-state index in [1.165, 1.54) is 20.2 Å². The SMILES string of the molecule is CO[Si](CCCC(N)=O)(OC)OC=C=O. The Labute approximate surface area is 89.4 Å². The maximum atomic E-state index is 10.5. The van der Waals surface area contributed by atoms with Gasteiger partial charge in [-0.15, -0.1) is 0 Å². The molecular formula is C8H15NO5Si. The summed E-state index contributed by atoms with van der Waals surface area (Å²) in [6.07, 6.45) is 1.59. The lowest BCUT2D eigenvalue weighted by molar-refractivity contribution is -0.118. The summed E-state index contributed by atoms with van der Waals surface area (Å²) < 4.78 is 15.3. The Hall–Kier alpha value is -1.14. The first-order valence-electron chi connectivity index (χ1n) is 4.36. The van der Waals surface area contributed by atoms with Gasteiger partial charge in [0.1, 0.15) is 0 Å². The van der Waals surface area contributed by atoms with Crippen LogP contribution in [0, 0.1) is 0 Å². The van der Waals surface area contributed by atoms with Crippen molar-refractivity contribution in [3.8, 4) is 0 Å². The molecule has 1 amide bonds. The smallest absolute Gasteiger partial charge is 0.497 e. The van der Waals surface area contributed by atoms with Crippen molar-refractivity contribution >= 4 is 20.7 Å². The Kier molecular flexibility index (Phi) is 6.64. The Morgan fingerprint density at radius 2 is 2.07 bits per heavy atom. The van der Waals surface area contributed by atoms with Gasteiger partial charge in [0.05, 0.1) is 0 Å². The minimum atomic E-state index is -2.86. The quantitative estimate of drug-likeness (QED) is 0.358. The minimum Gasteiger partial charge on any atom is -0.497 e. The highest BCUT2D eigenvalue weighted by atomic mass is 28.4. The van der Waals surface area contributed by atoms with Crippen molar-refractivity contribution in [2.45, 2.75) is 18.9 Å². The van der Waals surface area contributed by atoms with Gasteiger partial charge in [-0.2, -0.15) is 0 Å². The van der Waals surface area contributed by atoms with Crippen LogP contribution in [-0.4, -0.2) is 34.9 Å². The van der Waals surface area contributed by atoms with Crippen molar-refractivity contribution in [3.05, 3.63) is 6.26 Å². The summed E-state index contributed by atoms with van der Waals surface area (Å²) in [6, 6.07) is 0.418. The van der Waals surface area contributed by atoms with Crippen LogP contribution in [-0.2, 0) is 22.9 Å². The number of hydrogen-bond acceptors (Lipinski definition) is 5. The Morgan fingerprint density at radius 1 is 1.47 bits per heavy atom. The Morgan fingerprint density at radius 3 is 2.47 bits per heavy atom. The molecule has 2 N–H and O–H groups in total. The second-order valence-electron chi connectivity index (χ2n) is 2.76. The first kappa shape index (κ1) is 13.9. The predicted molar refractivity (Wildman–Crippen MR) is 54.4 cm³/mol. The molecule has 0 aromatic rings. The average molecular weight is 233 g/mol. The first-order valence-corrected chi connectivity index (χ1v) is 6.29. The lowest BCUT2D eigenvalue weighted by Crippen LogP contribution is -2.42. The molecule has 0 saturated heterocycles. The van der Waals surface area contributed by atoms with Gasteiger partial charge in [-0.3, -0.25) is 4.79 Å². The van der Waals surface area contributed by atoms with Crippen molar-refractivity contribution in [2.24, 2.45) is 5.73 Å². The highest BCUT2D eigenvalue weighted by molar-refractivity contribution is 6.60. The molecule has 0 radical (unpaired) electrons. The van der Waals surface area contributed by atoms with E-state index in [9.17, 15) is 9.59 Å². The summed E-state index contributed by atoms with van der Waals surface area (Å²) in [5, 5.41) is 0. The Bertz CT molecular complexity index is 247. The third-order valence-corrected chi connectivity index (χ3v) is 4.50. The molecule has 0 spiro atoms. The van der Waals surface area contributed by atoms with Crippen molar-refractivity contribution in [1.82, 2.24) is 0 Å². The number of carbonyl (C=O) groups is 1. The van der Waals surface area contributed by atoms with Gasteiger partial charge >= 0.3 is 8.80 Å². The lowest BCUT2D eigenvalue weighted by atomic mass is 10.3. The summed E-state index contributed by atoms with van der Waals surface area (Å²) in [6.45, 7) is 0. The van der Waals surface area contributed by atoms with Crippen molar-refractivity contribution in [3.63, 3.8) is 0 Å². The normalized spacial score (nSPS) is 10.5. The average Bonchev–Trinajstić information content (AvgIpc) is 2.23.